The summed E-state index contributed by atoms with van der Waals surface area (Å²) >= 11 is 13.8. The van der Waals surface area contributed by atoms with Gasteiger partial charge >= 0.3 is 0 Å². The van der Waals surface area contributed by atoms with E-state index in [-0.39, 0.29) is 29.8 Å². The molecule has 3 aromatic carbocycles. The molecule has 0 unspecified atom stereocenters. The molecule has 2 aliphatic heterocycles. The summed E-state index contributed by atoms with van der Waals surface area (Å²) in [6, 6.07) is 16.6. The largest absolute Gasteiger partial charge is 0.487 e. The number of carbonyl (C=O) groups is 1. The van der Waals surface area contributed by atoms with Gasteiger partial charge in [0, 0.05) is 52.2 Å². The van der Waals surface area contributed by atoms with Crippen molar-refractivity contribution in [3.8, 4) is 5.75 Å². The number of nitrogens with zero attached hydrogens (tertiary/aromatic N) is 1. The molecule has 1 amide bonds. The van der Waals surface area contributed by atoms with E-state index >= 15 is 0 Å². The van der Waals surface area contributed by atoms with E-state index in [9.17, 15) is 13.6 Å². The minimum Gasteiger partial charge on any atom is -0.487 e. The van der Waals surface area contributed by atoms with Gasteiger partial charge in [-0.25, -0.2) is 8.78 Å². The topological polar surface area (TPSA) is 29.5 Å². The fourth-order valence-electron chi connectivity index (χ4n) is 4.95. The maximum Gasteiger partial charge on any atom is 0.254 e. The highest BCUT2D eigenvalue weighted by Crippen LogP contribution is 2.39. The van der Waals surface area contributed by atoms with Gasteiger partial charge in [0.2, 0.25) is 0 Å². The molecule has 8 heteroatoms. The highest BCUT2D eigenvalue weighted by molar-refractivity contribution is 7.98. The molecule has 0 aromatic heterocycles. The Balaban J connectivity index is 1.20. The van der Waals surface area contributed by atoms with Crippen molar-refractivity contribution in [1.29, 1.82) is 0 Å². The number of fused-ring (bicyclic) bond motifs is 2. The minimum atomic E-state index is -0.701. The molecule has 5 rings (SSSR count). The average Bonchev–Trinajstić information content (AvgIpc) is 3.10. The fraction of sp³-hybridized carbons (Fsp3) is 0.296. The predicted octanol–water partition coefficient (Wildman–Crippen LogP) is 7.78. The van der Waals surface area contributed by atoms with Crippen LogP contribution in [0, 0.1) is 11.6 Å². The van der Waals surface area contributed by atoms with E-state index in [0.29, 0.717) is 28.5 Å². The minimum absolute atomic E-state index is 0.0175. The normalized spacial score (nSPS) is 21.3. The van der Waals surface area contributed by atoms with Crippen LogP contribution in [-0.2, 0) is 5.75 Å². The molecule has 0 spiro atoms. The van der Waals surface area contributed by atoms with Crippen LogP contribution >= 0.6 is 35.0 Å². The zero-order valence-corrected chi connectivity index (χ0v) is 21.1. The molecule has 0 N–H and O–H groups in total. The number of halogens is 4. The Bertz CT molecular complexity index is 1230. The predicted molar refractivity (Wildman–Crippen MR) is 135 cm³/mol. The number of hydrogen-bond acceptors (Lipinski definition) is 3. The number of carbonyl (C=O) groups excluding carboxylic acids is 1. The first-order chi connectivity index (χ1) is 16.9. The molecule has 3 aromatic rings. The van der Waals surface area contributed by atoms with Gasteiger partial charge in [-0.1, -0.05) is 35.3 Å². The Morgan fingerprint density at radius 3 is 2.34 bits per heavy atom. The van der Waals surface area contributed by atoms with Gasteiger partial charge in [-0.05, 0) is 60.9 Å². The van der Waals surface area contributed by atoms with Crippen molar-refractivity contribution in [3.63, 3.8) is 0 Å². The first kappa shape index (κ1) is 24.4. The summed E-state index contributed by atoms with van der Waals surface area (Å²) in [5.74, 6) is -0.530. The Kier molecular flexibility index (Phi) is 7.24. The van der Waals surface area contributed by atoms with Crippen LogP contribution < -0.4 is 4.74 Å². The Labute approximate surface area is 217 Å². The second-order valence-electron chi connectivity index (χ2n) is 8.94. The van der Waals surface area contributed by atoms with Crippen LogP contribution in [0.3, 0.4) is 0 Å². The van der Waals surface area contributed by atoms with Crippen molar-refractivity contribution in [2.75, 3.05) is 0 Å². The molecule has 2 aliphatic rings. The highest BCUT2D eigenvalue weighted by atomic mass is 35.5. The van der Waals surface area contributed by atoms with Gasteiger partial charge in [-0.2, -0.15) is 0 Å². The third-order valence-corrected chi connectivity index (χ3v) is 8.41. The molecule has 0 aliphatic carbocycles. The molecule has 2 atom stereocenters. The van der Waals surface area contributed by atoms with Crippen molar-refractivity contribution in [3.05, 3.63) is 93.5 Å². The van der Waals surface area contributed by atoms with E-state index in [0.717, 1.165) is 35.1 Å². The molecule has 2 heterocycles. The number of rotatable bonds is 6. The van der Waals surface area contributed by atoms with Gasteiger partial charge in [0.25, 0.3) is 5.91 Å². The molecule has 182 valence electrons. The molecule has 0 saturated carbocycles. The number of piperidine rings is 1. The van der Waals surface area contributed by atoms with E-state index < -0.39 is 11.6 Å². The quantitative estimate of drug-likeness (QED) is 0.303. The smallest absolute Gasteiger partial charge is 0.254 e. The number of ether oxygens (including phenoxy) is 1. The second-order valence-corrected chi connectivity index (χ2v) is 10.8. The lowest BCUT2D eigenvalue weighted by molar-refractivity contribution is 0.0349. The lowest BCUT2D eigenvalue weighted by Gasteiger charge is -2.39. The van der Waals surface area contributed by atoms with Crippen LogP contribution in [0.25, 0.3) is 0 Å². The maximum absolute atomic E-state index is 14.0. The van der Waals surface area contributed by atoms with Gasteiger partial charge < -0.3 is 9.64 Å². The van der Waals surface area contributed by atoms with E-state index in [1.807, 2.05) is 41.3 Å². The molecule has 35 heavy (non-hydrogen) atoms. The number of hydrogen-bond donors (Lipinski definition) is 0. The Morgan fingerprint density at radius 2 is 1.69 bits per heavy atom. The number of amides is 1. The number of benzene rings is 3. The summed E-state index contributed by atoms with van der Waals surface area (Å²) in [7, 11) is 0. The summed E-state index contributed by atoms with van der Waals surface area (Å²) in [5.41, 5.74) is 1.75. The lowest BCUT2D eigenvalue weighted by Crippen LogP contribution is -2.49. The SMILES string of the molecule is O=C(c1ccc(CSc2ccc(Cl)cc2Cl)cc1)N1[C@H]2CC[C@H]1CC(Oc1ccc(F)cc1F)C2. The lowest BCUT2D eigenvalue weighted by atomic mass is 9.98. The highest BCUT2D eigenvalue weighted by Gasteiger charge is 2.44. The van der Waals surface area contributed by atoms with Crippen LogP contribution in [0.1, 0.15) is 41.6 Å². The van der Waals surface area contributed by atoms with Crippen LogP contribution in [0.4, 0.5) is 8.78 Å². The van der Waals surface area contributed by atoms with E-state index in [4.69, 9.17) is 27.9 Å². The summed E-state index contributed by atoms with van der Waals surface area (Å²) in [6.45, 7) is 0. The summed E-state index contributed by atoms with van der Waals surface area (Å²) in [4.78, 5) is 16.3. The van der Waals surface area contributed by atoms with Crippen molar-refractivity contribution >= 4 is 40.9 Å². The Morgan fingerprint density at radius 1 is 0.971 bits per heavy atom. The van der Waals surface area contributed by atoms with Crippen molar-refractivity contribution in [2.24, 2.45) is 0 Å². The first-order valence-electron chi connectivity index (χ1n) is 11.5. The monoisotopic (exact) mass is 533 g/mol. The van der Waals surface area contributed by atoms with E-state index in [2.05, 4.69) is 0 Å². The first-order valence-corrected chi connectivity index (χ1v) is 13.2. The fourth-order valence-corrected chi connectivity index (χ4v) is 6.40. The van der Waals surface area contributed by atoms with E-state index in [1.54, 1.807) is 17.8 Å². The van der Waals surface area contributed by atoms with Gasteiger partial charge in [0.1, 0.15) is 11.9 Å². The van der Waals surface area contributed by atoms with Gasteiger partial charge in [-0.3, -0.25) is 4.79 Å². The molecular weight excluding hydrogens is 511 g/mol. The molecule has 3 nitrogen and oxygen atoms in total. The van der Waals surface area contributed by atoms with Gasteiger partial charge in [0.05, 0.1) is 5.02 Å². The van der Waals surface area contributed by atoms with Crippen LogP contribution in [0.2, 0.25) is 10.0 Å². The zero-order chi connectivity index (χ0) is 24.5. The van der Waals surface area contributed by atoms with Crippen LogP contribution in [-0.4, -0.2) is 29.0 Å². The van der Waals surface area contributed by atoms with Crippen LogP contribution in [0.5, 0.6) is 5.75 Å². The summed E-state index contributed by atoms with van der Waals surface area (Å²) in [6.07, 6.45) is 2.87. The molecular formula is C27H23Cl2F2NO2S. The van der Waals surface area contributed by atoms with Crippen LogP contribution in [0.15, 0.2) is 65.6 Å². The summed E-state index contributed by atoms with van der Waals surface area (Å²) < 4.78 is 33.1. The third-order valence-electron chi connectivity index (χ3n) is 6.60. The standard InChI is InChI=1S/C27H23Cl2F2NO2S/c28-18-5-10-26(23(29)11-18)35-15-16-1-3-17(4-2-16)27(33)32-20-7-8-21(32)14-22(13-20)34-25-9-6-19(30)12-24(25)31/h1-6,9-12,20-22H,7-8,13-15H2/t20-,21-/m0/s1. The van der Waals surface area contributed by atoms with E-state index in [1.165, 1.54) is 12.1 Å². The maximum atomic E-state index is 14.0. The molecule has 0 radical (unpaired) electrons. The Hall–Kier alpha value is -2.28. The number of thioether (sulfide) groups is 1. The zero-order valence-electron chi connectivity index (χ0n) is 18.7. The molecule has 2 saturated heterocycles. The van der Waals surface area contributed by atoms with Crippen molar-refractivity contribution in [1.82, 2.24) is 4.90 Å². The molecule has 2 fully saturated rings. The molecule has 2 bridgehead atoms. The average molecular weight is 534 g/mol. The van der Waals surface area contributed by atoms with Gasteiger partial charge in [0.15, 0.2) is 11.6 Å². The third kappa shape index (κ3) is 5.45. The van der Waals surface area contributed by atoms with Crippen molar-refractivity contribution in [2.45, 2.75) is 54.5 Å². The van der Waals surface area contributed by atoms with Crippen molar-refractivity contribution < 1.29 is 18.3 Å². The van der Waals surface area contributed by atoms with Gasteiger partial charge in [-0.15, -0.1) is 11.8 Å². The summed E-state index contributed by atoms with van der Waals surface area (Å²) in [5, 5.41) is 1.23. The second kappa shape index (κ2) is 10.4.